The van der Waals surface area contributed by atoms with Gasteiger partial charge in [-0.1, -0.05) is 24.3 Å². The van der Waals surface area contributed by atoms with Crippen molar-refractivity contribution in [3.63, 3.8) is 0 Å². The van der Waals surface area contributed by atoms with Gasteiger partial charge >= 0.3 is 0 Å². The Balaban J connectivity index is 1.36. The zero-order valence-corrected chi connectivity index (χ0v) is 16.6. The minimum absolute atomic E-state index is 0.347. The summed E-state index contributed by atoms with van der Waals surface area (Å²) < 4.78 is 5.82. The summed E-state index contributed by atoms with van der Waals surface area (Å²) in [6.07, 6.45) is 5.44. The van der Waals surface area contributed by atoms with Crippen LogP contribution in [0.15, 0.2) is 36.4 Å². The normalized spacial score (nSPS) is 21.1. The van der Waals surface area contributed by atoms with Gasteiger partial charge in [-0.3, -0.25) is 9.80 Å². The van der Waals surface area contributed by atoms with E-state index in [1.165, 1.54) is 59.7 Å². The molecule has 2 aliphatic rings. The molecule has 2 aliphatic heterocycles. The molecule has 0 radical (unpaired) electrons. The minimum Gasteiger partial charge on any atom is -0.373 e. The molecular formula is C22H30N2OS. The van der Waals surface area contributed by atoms with Gasteiger partial charge in [-0.15, -0.1) is 11.3 Å². The van der Waals surface area contributed by atoms with E-state index in [4.69, 9.17) is 4.74 Å². The zero-order chi connectivity index (χ0) is 17.8. The Morgan fingerprint density at radius 2 is 1.85 bits per heavy atom. The second-order valence-corrected chi connectivity index (χ2v) is 8.93. The number of likely N-dealkylation sites (tertiary alicyclic amines) is 1. The second kappa shape index (κ2) is 8.66. The van der Waals surface area contributed by atoms with E-state index in [1.807, 2.05) is 11.3 Å². The maximum absolute atomic E-state index is 5.82. The molecule has 1 aromatic carbocycles. The van der Waals surface area contributed by atoms with Crippen LogP contribution in [-0.2, 0) is 24.4 Å². The highest BCUT2D eigenvalue weighted by Crippen LogP contribution is 2.33. The molecule has 0 bridgehead atoms. The quantitative estimate of drug-likeness (QED) is 0.694. The Morgan fingerprint density at radius 3 is 2.62 bits per heavy atom. The Labute approximate surface area is 161 Å². The third-order valence-electron chi connectivity index (χ3n) is 5.51. The number of thiophene rings is 1. The van der Waals surface area contributed by atoms with Crippen LogP contribution in [0.5, 0.6) is 0 Å². The summed E-state index contributed by atoms with van der Waals surface area (Å²) in [6.45, 7) is 6.56. The van der Waals surface area contributed by atoms with Gasteiger partial charge in [0.05, 0.1) is 6.10 Å². The van der Waals surface area contributed by atoms with E-state index in [1.54, 1.807) is 0 Å². The van der Waals surface area contributed by atoms with Crippen LogP contribution >= 0.6 is 11.3 Å². The van der Waals surface area contributed by atoms with Crippen molar-refractivity contribution in [3.8, 4) is 0 Å². The van der Waals surface area contributed by atoms with Crippen molar-refractivity contribution in [2.45, 2.75) is 51.4 Å². The van der Waals surface area contributed by atoms with Crippen molar-refractivity contribution in [3.05, 3.63) is 57.3 Å². The van der Waals surface area contributed by atoms with Crippen molar-refractivity contribution in [1.82, 2.24) is 9.80 Å². The van der Waals surface area contributed by atoms with E-state index in [0.29, 0.717) is 6.10 Å². The van der Waals surface area contributed by atoms with Crippen molar-refractivity contribution >= 4 is 11.3 Å². The fraction of sp³-hybridized carbons (Fsp3) is 0.545. The van der Waals surface area contributed by atoms with Crippen molar-refractivity contribution < 1.29 is 4.74 Å². The fourth-order valence-corrected chi connectivity index (χ4v) is 5.29. The SMILES string of the molecule is CN(Cc1ccc(C2CCCO2)s1)Cc1ccccc1CN1CCCC1. The third-order valence-corrected chi connectivity index (χ3v) is 6.67. The number of rotatable bonds is 7. The first kappa shape index (κ1) is 18.2. The van der Waals surface area contributed by atoms with Crippen LogP contribution in [0.25, 0.3) is 0 Å². The van der Waals surface area contributed by atoms with Gasteiger partial charge in [-0.25, -0.2) is 0 Å². The lowest BCUT2D eigenvalue weighted by molar-refractivity contribution is 0.114. The van der Waals surface area contributed by atoms with Gasteiger partial charge in [-0.2, -0.15) is 0 Å². The van der Waals surface area contributed by atoms with Gasteiger partial charge in [0.1, 0.15) is 0 Å². The van der Waals surface area contributed by atoms with E-state index >= 15 is 0 Å². The molecule has 1 aromatic heterocycles. The maximum atomic E-state index is 5.82. The van der Waals surface area contributed by atoms with E-state index in [0.717, 1.165) is 26.2 Å². The molecule has 0 spiro atoms. The highest BCUT2D eigenvalue weighted by molar-refractivity contribution is 7.12. The minimum atomic E-state index is 0.347. The molecule has 2 aromatic rings. The van der Waals surface area contributed by atoms with E-state index in [2.05, 4.69) is 53.2 Å². The summed E-state index contributed by atoms with van der Waals surface area (Å²) in [5.41, 5.74) is 2.96. The topological polar surface area (TPSA) is 15.7 Å². The molecule has 0 N–H and O–H groups in total. The predicted octanol–water partition coefficient (Wildman–Crippen LogP) is 4.83. The van der Waals surface area contributed by atoms with Gasteiger partial charge < -0.3 is 4.74 Å². The molecule has 3 nitrogen and oxygen atoms in total. The summed E-state index contributed by atoms with van der Waals surface area (Å²) in [5, 5.41) is 0. The van der Waals surface area contributed by atoms with Gasteiger partial charge in [0, 0.05) is 36.0 Å². The van der Waals surface area contributed by atoms with Crippen LogP contribution in [0.3, 0.4) is 0 Å². The predicted molar refractivity (Wildman–Crippen MR) is 108 cm³/mol. The largest absolute Gasteiger partial charge is 0.373 e. The summed E-state index contributed by atoms with van der Waals surface area (Å²) in [5.74, 6) is 0. The number of benzene rings is 1. The van der Waals surface area contributed by atoms with E-state index in [9.17, 15) is 0 Å². The summed E-state index contributed by atoms with van der Waals surface area (Å²) in [6, 6.07) is 13.5. The van der Waals surface area contributed by atoms with Crippen molar-refractivity contribution in [1.29, 1.82) is 0 Å². The highest BCUT2D eigenvalue weighted by Gasteiger charge is 2.20. The van der Waals surface area contributed by atoms with Crippen LogP contribution in [0.2, 0.25) is 0 Å². The molecule has 3 heterocycles. The number of ether oxygens (including phenoxy) is 1. The number of nitrogens with zero attached hydrogens (tertiary/aromatic N) is 2. The molecule has 4 heteroatoms. The molecule has 2 fully saturated rings. The standard InChI is InChI=1S/C22H30N2OS/c1-23(17-20-10-11-22(26-20)21-9-6-14-25-21)15-18-7-2-3-8-19(18)16-24-12-4-5-13-24/h2-3,7-8,10-11,21H,4-6,9,12-17H2,1H3. The number of hydrogen-bond donors (Lipinski definition) is 0. The average Bonchev–Trinajstić information content (AvgIpc) is 3.38. The fourth-order valence-electron chi connectivity index (χ4n) is 4.11. The molecule has 2 saturated heterocycles. The molecule has 0 saturated carbocycles. The lowest BCUT2D eigenvalue weighted by atomic mass is 10.1. The molecule has 0 aliphatic carbocycles. The number of hydrogen-bond acceptors (Lipinski definition) is 4. The maximum Gasteiger partial charge on any atom is 0.0917 e. The molecule has 26 heavy (non-hydrogen) atoms. The highest BCUT2D eigenvalue weighted by atomic mass is 32.1. The van der Waals surface area contributed by atoms with Crippen molar-refractivity contribution in [2.75, 3.05) is 26.7 Å². The summed E-state index contributed by atoms with van der Waals surface area (Å²) in [4.78, 5) is 7.87. The molecular weight excluding hydrogens is 340 g/mol. The van der Waals surface area contributed by atoms with Gasteiger partial charge in [-0.05, 0) is 69.1 Å². The van der Waals surface area contributed by atoms with Crippen LogP contribution in [0.4, 0.5) is 0 Å². The Morgan fingerprint density at radius 1 is 1.04 bits per heavy atom. The Bertz CT molecular complexity index is 702. The first-order valence-electron chi connectivity index (χ1n) is 9.96. The first-order valence-corrected chi connectivity index (χ1v) is 10.8. The molecule has 0 amide bonds. The first-order chi connectivity index (χ1) is 12.8. The van der Waals surface area contributed by atoms with E-state index < -0.39 is 0 Å². The van der Waals surface area contributed by atoms with E-state index in [-0.39, 0.29) is 0 Å². The third kappa shape index (κ3) is 4.55. The van der Waals surface area contributed by atoms with Crippen LogP contribution in [0, 0.1) is 0 Å². The van der Waals surface area contributed by atoms with Gasteiger partial charge in [0.15, 0.2) is 0 Å². The van der Waals surface area contributed by atoms with Crippen LogP contribution < -0.4 is 0 Å². The molecule has 1 atom stereocenters. The van der Waals surface area contributed by atoms with Crippen molar-refractivity contribution in [2.24, 2.45) is 0 Å². The zero-order valence-electron chi connectivity index (χ0n) is 15.8. The second-order valence-electron chi connectivity index (χ2n) is 7.73. The van der Waals surface area contributed by atoms with Crippen LogP contribution in [0.1, 0.15) is 52.7 Å². The van der Waals surface area contributed by atoms with Gasteiger partial charge in [0.25, 0.3) is 0 Å². The van der Waals surface area contributed by atoms with Gasteiger partial charge in [0.2, 0.25) is 0 Å². The Hall–Kier alpha value is -1.20. The summed E-state index contributed by atoms with van der Waals surface area (Å²) >= 11 is 1.92. The average molecular weight is 371 g/mol. The van der Waals surface area contributed by atoms with Crippen LogP contribution in [-0.4, -0.2) is 36.5 Å². The summed E-state index contributed by atoms with van der Waals surface area (Å²) in [7, 11) is 2.23. The molecule has 140 valence electrons. The molecule has 4 rings (SSSR count). The Kier molecular flexibility index (Phi) is 6.05. The smallest absolute Gasteiger partial charge is 0.0917 e. The lowest BCUT2D eigenvalue weighted by Crippen LogP contribution is -2.22. The lowest BCUT2D eigenvalue weighted by Gasteiger charge is -2.21. The monoisotopic (exact) mass is 370 g/mol. The molecule has 1 unspecified atom stereocenters.